The van der Waals surface area contributed by atoms with Gasteiger partial charge in [0.25, 0.3) is 5.91 Å². The smallest absolute Gasteiger partial charge is 0.411 e. The molecule has 2 aromatic heterocycles. The number of carbonyl (C=O) groups excluding carboxylic acids is 3. The van der Waals surface area contributed by atoms with Crippen molar-refractivity contribution in [2.24, 2.45) is 0 Å². The second-order valence-corrected chi connectivity index (χ2v) is 10.8. The number of ether oxygens (including phenoxy) is 1. The molecular formula is C31H30FN5O4. The van der Waals surface area contributed by atoms with Gasteiger partial charge in [0.15, 0.2) is 5.78 Å². The second kappa shape index (κ2) is 10.9. The molecule has 5 rings (SSSR count). The first-order chi connectivity index (χ1) is 19.5. The molecule has 10 heteroatoms. The maximum absolute atomic E-state index is 13.8. The number of hydrogen-bond acceptors (Lipinski definition) is 6. The van der Waals surface area contributed by atoms with Crippen LogP contribution >= 0.6 is 0 Å². The molecule has 0 saturated carbocycles. The number of anilines is 3. The van der Waals surface area contributed by atoms with Crippen molar-refractivity contribution in [3.63, 3.8) is 0 Å². The van der Waals surface area contributed by atoms with Gasteiger partial charge in [-0.25, -0.2) is 14.2 Å². The highest BCUT2D eigenvalue weighted by Gasteiger charge is 2.34. The van der Waals surface area contributed by atoms with Crippen LogP contribution in [0.3, 0.4) is 0 Å². The van der Waals surface area contributed by atoms with Gasteiger partial charge in [0.05, 0.1) is 30.0 Å². The average Bonchev–Trinajstić information content (AvgIpc) is 3.28. The number of fused-ring (bicyclic) bond motifs is 1. The van der Waals surface area contributed by atoms with E-state index in [0.29, 0.717) is 33.8 Å². The Hall–Kier alpha value is -4.99. The SMILES string of the molecule is Cc1ccc(F)cc1C(=O)Nc1cc(-c2[nH]c3c(c2Nc2ccccc2)C(=O)CN(C(=O)OC(C)(C)C)C3)ccn1. The molecule has 0 radical (unpaired) electrons. The molecule has 0 fully saturated rings. The Morgan fingerprint density at radius 1 is 1.05 bits per heavy atom. The largest absolute Gasteiger partial charge is 0.444 e. The number of carbonyl (C=O) groups is 3. The molecule has 9 nitrogen and oxygen atoms in total. The first-order valence-corrected chi connectivity index (χ1v) is 13.1. The molecule has 3 heterocycles. The summed E-state index contributed by atoms with van der Waals surface area (Å²) in [5, 5.41) is 6.09. The van der Waals surface area contributed by atoms with E-state index in [1.165, 1.54) is 29.3 Å². The monoisotopic (exact) mass is 555 g/mol. The third-order valence-electron chi connectivity index (χ3n) is 6.47. The number of nitrogens with one attached hydrogen (secondary N) is 3. The Balaban J connectivity index is 1.52. The second-order valence-electron chi connectivity index (χ2n) is 10.8. The van der Waals surface area contributed by atoms with Crippen molar-refractivity contribution in [1.29, 1.82) is 0 Å². The Labute approximate surface area is 236 Å². The number of aromatic amines is 1. The molecule has 0 bridgehead atoms. The van der Waals surface area contributed by atoms with Crippen LogP contribution in [0.1, 0.15) is 52.7 Å². The number of ketones is 1. The Kier molecular flexibility index (Phi) is 7.32. The van der Waals surface area contributed by atoms with Gasteiger partial charge in [-0.15, -0.1) is 0 Å². The van der Waals surface area contributed by atoms with E-state index in [0.717, 1.165) is 5.69 Å². The van der Waals surface area contributed by atoms with Crippen LogP contribution < -0.4 is 10.6 Å². The van der Waals surface area contributed by atoms with Crippen molar-refractivity contribution >= 4 is 35.0 Å². The van der Waals surface area contributed by atoms with Gasteiger partial charge in [-0.3, -0.25) is 14.5 Å². The zero-order chi connectivity index (χ0) is 29.3. The number of para-hydroxylation sites is 1. The van der Waals surface area contributed by atoms with E-state index in [2.05, 4.69) is 20.6 Å². The molecule has 2 amide bonds. The van der Waals surface area contributed by atoms with Crippen molar-refractivity contribution in [2.45, 2.75) is 39.8 Å². The van der Waals surface area contributed by atoms with E-state index in [9.17, 15) is 18.8 Å². The third-order valence-corrected chi connectivity index (χ3v) is 6.47. The van der Waals surface area contributed by atoms with Crippen molar-refractivity contribution in [3.05, 3.63) is 95.1 Å². The van der Waals surface area contributed by atoms with Gasteiger partial charge in [0, 0.05) is 28.7 Å². The Bertz CT molecular complexity index is 1640. The van der Waals surface area contributed by atoms with Gasteiger partial charge >= 0.3 is 6.09 Å². The minimum Gasteiger partial charge on any atom is -0.444 e. The highest BCUT2D eigenvalue weighted by atomic mass is 19.1. The standard InChI is InChI=1S/C31H30FN5O4/c1-18-10-11-20(32)15-22(18)29(39)36-25-14-19(12-13-33-25)27-28(34-21-8-6-5-7-9-21)26-23(35-27)16-37(17-24(26)38)30(40)41-31(2,3)4/h5-15,34-35H,16-17H2,1-4H3,(H,33,36,39). The quantitative estimate of drug-likeness (QED) is 0.261. The van der Waals surface area contributed by atoms with Crippen molar-refractivity contribution in [3.8, 4) is 11.3 Å². The molecule has 0 spiro atoms. The van der Waals surface area contributed by atoms with E-state index in [1.807, 2.05) is 30.3 Å². The van der Waals surface area contributed by atoms with Crippen LogP contribution in [0.25, 0.3) is 11.3 Å². The van der Waals surface area contributed by atoms with E-state index < -0.39 is 23.4 Å². The predicted molar refractivity (Wildman–Crippen MR) is 154 cm³/mol. The molecule has 41 heavy (non-hydrogen) atoms. The number of H-pyrrole nitrogens is 1. The highest BCUT2D eigenvalue weighted by molar-refractivity contribution is 6.09. The summed E-state index contributed by atoms with van der Waals surface area (Å²) in [6.07, 6.45) is 0.955. The molecule has 2 aromatic carbocycles. The van der Waals surface area contributed by atoms with Crippen molar-refractivity contribution in [1.82, 2.24) is 14.9 Å². The molecule has 210 valence electrons. The van der Waals surface area contributed by atoms with Crippen LogP contribution in [0.4, 0.5) is 26.4 Å². The number of halogens is 1. The summed E-state index contributed by atoms with van der Waals surface area (Å²) in [5.74, 6) is -1.01. The van der Waals surface area contributed by atoms with Gasteiger partial charge in [0.2, 0.25) is 0 Å². The van der Waals surface area contributed by atoms with Crippen LogP contribution in [0, 0.1) is 12.7 Å². The van der Waals surface area contributed by atoms with Gasteiger partial charge in [-0.2, -0.15) is 0 Å². The van der Waals surface area contributed by atoms with Crippen LogP contribution in [0.15, 0.2) is 66.9 Å². The molecule has 1 aliphatic heterocycles. The Morgan fingerprint density at radius 2 is 1.80 bits per heavy atom. The lowest BCUT2D eigenvalue weighted by molar-refractivity contribution is 0.0218. The first-order valence-electron chi connectivity index (χ1n) is 13.1. The van der Waals surface area contributed by atoms with E-state index in [4.69, 9.17) is 4.74 Å². The molecule has 3 N–H and O–H groups in total. The van der Waals surface area contributed by atoms with Gasteiger partial charge in [0.1, 0.15) is 17.2 Å². The molecular weight excluding hydrogens is 525 g/mol. The number of nitrogens with zero attached hydrogens (tertiary/aromatic N) is 2. The topological polar surface area (TPSA) is 116 Å². The number of amides is 2. The number of rotatable bonds is 5. The lowest BCUT2D eigenvalue weighted by Gasteiger charge is -2.29. The van der Waals surface area contributed by atoms with Crippen LogP contribution in [-0.2, 0) is 11.3 Å². The summed E-state index contributed by atoms with van der Waals surface area (Å²) in [4.78, 5) is 48.1. The summed E-state index contributed by atoms with van der Waals surface area (Å²) >= 11 is 0. The number of pyridine rings is 1. The molecule has 0 saturated heterocycles. The minimum absolute atomic E-state index is 0.132. The summed E-state index contributed by atoms with van der Waals surface area (Å²) in [5.41, 5.74) is 3.65. The summed E-state index contributed by atoms with van der Waals surface area (Å²) in [7, 11) is 0. The van der Waals surface area contributed by atoms with E-state index in [-0.39, 0.29) is 30.3 Å². The van der Waals surface area contributed by atoms with Crippen LogP contribution in [0.5, 0.6) is 0 Å². The molecule has 1 aliphatic rings. The number of benzene rings is 2. The van der Waals surface area contributed by atoms with Crippen molar-refractivity contribution < 1.29 is 23.5 Å². The van der Waals surface area contributed by atoms with E-state index in [1.54, 1.807) is 39.8 Å². The maximum Gasteiger partial charge on any atom is 0.411 e. The zero-order valence-electron chi connectivity index (χ0n) is 23.2. The fourth-order valence-electron chi connectivity index (χ4n) is 4.62. The lowest BCUT2D eigenvalue weighted by Crippen LogP contribution is -2.42. The predicted octanol–water partition coefficient (Wildman–Crippen LogP) is 6.45. The number of Topliss-reactive ketones (excluding diaryl/α,β-unsaturated/α-hetero) is 1. The first kappa shape index (κ1) is 27.6. The van der Waals surface area contributed by atoms with E-state index >= 15 is 0 Å². The molecule has 4 aromatic rings. The van der Waals surface area contributed by atoms with Gasteiger partial charge in [-0.1, -0.05) is 24.3 Å². The fourth-order valence-corrected chi connectivity index (χ4v) is 4.62. The fraction of sp³-hybridized carbons (Fsp3) is 0.226. The van der Waals surface area contributed by atoms with Crippen molar-refractivity contribution in [2.75, 3.05) is 17.2 Å². The normalized spacial score (nSPS) is 13.0. The molecule has 0 unspecified atom stereocenters. The molecule has 0 aliphatic carbocycles. The number of aromatic nitrogens is 2. The van der Waals surface area contributed by atoms with Crippen LogP contribution in [-0.4, -0.2) is 44.8 Å². The van der Waals surface area contributed by atoms with Crippen LogP contribution in [0.2, 0.25) is 0 Å². The summed E-state index contributed by atoms with van der Waals surface area (Å²) in [6.45, 7) is 7.05. The van der Waals surface area contributed by atoms with Gasteiger partial charge in [-0.05, 0) is 69.7 Å². The Morgan fingerprint density at radius 3 is 2.54 bits per heavy atom. The summed E-state index contributed by atoms with van der Waals surface area (Å²) in [6, 6.07) is 16.8. The zero-order valence-corrected chi connectivity index (χ0v) is 23.2. The average molecular weight is 556 g/mol. The lowest BCUT2D eigenvalue weighted by atomic mass is 10.0. The third kappa shape index (κ3) is 6.11. The maximum atomic E-state index is 13.8. The summed E-state index contributed by atoms with van der Waals surface area (Å²) < 4.78 is 19.3. The highest BCUT2D eigenvalue weighted by Crippen LogP contribution is 2.38. The number of aryl methyl sites for hydroxylation is 1. The number of hydrogen-bond donors (Lipinski definition) is 3. The molecule has 0 atom stereocenters. The van der Waals surface area contributed by atoms with Gasteiger partial charge < -0.3 is 20.4 Å². The minimum atomic E-state index is -0.705.